The Morgan fingerprint density at radius 3 is 2.80 bits per heavy atom. The van der Waals surface area contributed by atoms with Crippen molar-refractivity contribution in [3.8, 4) is 0 Å². The van der Waals surface area contributed by atoms with E-state index < -0.39 is 0 Å². The van der Waals surface area contributed by atoms with Gasteiger partial charge in [0.2, 0.25) is 0 Å². The summed E-state index contributed by atoms with van der Waals surface area (Å²) in [7, 11) is 0. The molecule has 1 heterocycles. The molecular formula is C17H24N2S. The fourth-order valence-corrected chi connectivity index (χ4v) is 3.99. The van der Waals surface area contributed by atoms with Crippen LogP contribution >= 0.6 is 12.2 Å². The van der Waals surface area contributed by atoms with E-state index in [0.29, 0.717) is 0 Å². The molecule has 0 bridgehead atoms. The van der Waals surface area contributed by atoms with E-state index in [0.717, 1.165) is 35.7 Å². The molecule has 0 unspecified atom stereocenters. The van der Waals surface area contributed by atoms with Crippen LogP contribution in [-0.4, -0.2) is 23.1 Å². The largest absolute Gasteiger partial charge is 0.349 e. The summed E-state index contributed by atoms with van der Waals surface area (Å²) in [6, 6.07) is 8.43. The van der Waals surface area contributed by atoms with Crippen LogP contribution in [0.1, 0.15) is 37.7 Å². The van der Waals surface area contributed by atoms with Crippen LogP contribution in [0.15, 0.2) is 24.3 Å². The molecule has 0 aromatic heterocycles. The number of piperidine rings is 1. The van der Waals surface area contributed by atoms with E-state index in [9.17, 15) is 0 Å². The number of thiocarbonyl (C=S) groups is 1. The summed E-state index contributed by atoms with van der Waals surface area (Å²) in [5.41, 5.74) is 2.38. The number of benzene rings is 1. The quantitative estimate of drug-likeness (QED) is 0.780. The molecule has 2 nitrogen and oxygen atoms in total. The summed E-state index contributed by atoms with van der Waals surface area (Å²) in [4.78, 5) is 2.38. The van der Waals surface area contributed by atoms with Crippen LogP contribution in [-0.2, 0) is 0 Å². The third kappa shape index (κ3) is 3.14. The van der Waals surface area contributed by atoms with Crippen LogP contribution < -0.4 is 5.32 Å². The fraction of sp³-hybridized carbons (Fsp3) is 0.588. The van der Waals surface area contributed by atoms with Crippen LogP contribution in [0.25, 0.3) is 0 Å². The van der Waals surface area contributed by atoms with Gasteiger partial charge in [-0.2, -0.15) is 0 Å². The Labute approximate surface area is 127 Å². The highest BCUT2D eigenvalue weighted by molar-refractivity contribution is 7.80. The predicted molar refractivity (Wildman–Crippen MR) is 89.0 cm³/mol. The number of rotatable bonds is 1. The second-order valence-corrected chi connectivity index (χ2v) is 6.73. The first-order chi connectivity index (χ1) is 9.72. The fourth-order valence-electron chi connectivity index (χ4n) is 3.71. The highest BCUT2D eigenvalue weighted by atomic mass is 32.1. The molecule has 1 saturated carbocycles. The summed E-state index contributed by atoms with van der Waals surface area (Å²) < 4.78 is 0. The average Bonchev–Trinajstić information content (AvgIpc) is 2.47. The number of nitrogens with zero attached hydrogens (tertiary/aromatic N) is 1. The van der Waals surface area contributed by atoms with Gasteiger partial charge in [0.15, 0.2) is 5.11 Å². The molecule has 1 N–H and O–H groups in total. The van der Waals surface area contributed by atoms with Gasteiger partial charge in [-0.1, -0.05) is 31.4 Å². The molecule has 0 radical (unpaired) electrons. The molecule has 1 aromatic rings. The number of hydrogen-bond donors (Lipinski definition) is 1. The smallest absolute Gasteiger partial charge is 0.173 e. The molecule has 108 valence electrons. The van der Waals surface area contributed by atoms with Crippen molar-refractivity contribution in [2.24, 2.45) is 11.8 Å². The molecule has 1 aromatic carbocycles. The van der Waals surface area contributed by atoms with Crippen molar-refractivity contribution < 1.29 is 0 Å². The Kier molecular flexibility index (Phi) is 4.25. The summed E-state index contributed by atoms with van der Waals surface area (Å²) in [6.45, 7) is 4.39. The van der Waals surface area contributed by atoms with Gasteiger partial charge in [-0.05, 0) is 61.5 Å². The molecule has 2 fully saturated rings. The van der Waals surface area contributed by atoms with E-state index >= 15 is 0 Å². The van der Waals surface area contributed by atoms with Crippen molar-refractivity contribution >= 4 is 23.0 Å². The molecule has 1 aliphatic carbocycles. The second-order valence-electron chi connectivity index (χ2n) is 6.34. The summed E-state index contributed by atoms with van der Waals surface area (Å²) in [5.74, 6) is 1.83. The number of nitrogens with one attached hydrogen (secondary N) is 1. The van der Waals surface area contributed by atoms with Gasteiger partial charge in [0.05, 0.1) is 0 Å². The van der Waals surface area contributed by atoms with Crippen molar-refractivity contribution in [2.75, 3.05) is 18.4 Å². The standard InChI is InChI=1S/C17H24N2S/c1-13-5-4-8-16(11-13)18-17(20)19-10-9-14-6-2-3-7-15(14)12-19/h4-5,8,11,14-15H,2-3,6-7,9-10,12H2,1H3,(H,18,20)/t14-,15-/m1/s1. The van der Waals surface area contributed by atoms with E-state index in [1.165, 1.54) is 37.7 Å². The number of anilines is 1. The second kappa shape index (κ2) is 6.13. The molecule has 3 rings (SSSR count). The Bertz CT molecular complexity index is 486. The maximum Gasteiger partial charge on any atom is 0.173 e. The van der Waals surface area contributed by atoms with Crippen molar-refractivity contribution in [3.05, 3.63) is 29.8 Å². The van der Waals surface area contributed by atoms with E-state index in [2.05, 4.69) is 41.4 Å². The maximum absolute atomic E-state index is 5.61. The van der Waals surface area contributed by atoms with Gasteiger partial charge < -0.3 is 10.2 Å². The van der Waals surface area contributed by atoms with E-state index in [-0.39, 0.29) is 0 Å². The SMILES string of the molecule is Cc1cccc(NC(=S)N2CC[C@H]3CCCC[C@@H]3C2)c1. The molecule has 2 atom stereocenters. The Morgan fingerprint density at radius 2 is 2.00 bits per heavy atom. The topological polar surface area (TPSA) is 15.3 Å². The minimum atomic E-state index is 0.870. The van der Waals surface area contributed by atoms with Crippen molar-refractivity contribution in [1.82, 2.24) is 4.90 Å². The van der Waals surface area contributed by atoms with Crippen LogP contribution in [0.4, 0.5) is 5.69 Å². The summed E-state index contributed by atoms with van der Waals surface area (Å²) in [5, 5.41) is 4.31. The van der Waals surface area contributed by atoms with Crippen molar-refractivity contribution in [1.29, 1.82) is 0 Å². The van der Waals surface area contributed by atoms with Crippen molar-refractivity contribution in [3.63, 3.8) is 0 Å². The van der Waals surface area contributed by atoms with Gasteiger partial charge in [0.25, 0.3) is 0 Å². The third-order valence-electron chi connectivity index (χ3n) is 4.85. The Hall–Kier alpha value is -1.09. The molecule has 2 aliphatic rings. The number of hydrogen-bond acceptors (Lipinski definition) is 1. The Balaban J connectivity index is 1.60. The van der Waals surface area contributed by atoms with Gasteiger partial charge in [0, 0.05) is 18.8 Å². The van der Waals surface area contributed by atoms with Gasteiger partial charge in [-0.25, -0.2) is 0 Å². The molecule has 0 spiro atoms. The highest BCUT2D eigenvalue weighted by Crippen LogP contribution is 2.36. The zero-order valence-corrected chi connectivity index (χ0v) is 13.1. The number of fused-ring (bicyclic) bond motifs is 1. The normalized spacial score (nSPS) is 25.9. The van der Waals surface area contributed by atoms with Crippen molar-refractivity contribution in [2.45, 2.75) is 39.0 Å². The lowest BCUT2D eigenvalue weighted by molar-refractivity contribution is 0.131. The molecule has 20 heavy (non-hydrogen) atoms. The first kappa shape index (κ1) is 13.9. The number of aryl methyl sites for hydroxylation is 1. The van der Waals surface area contributed by atoms with Gasteiger partial charge in [-0.3, -0.25) is 0 Å². The molecule has 1 saturated heterocycles. The third-order valence-corrected chi connectivity index (χ3v) is 5.21. The predicted octanol–water partition coefficient (Wildman–Crippen LogP) is 4.20. The first-order valence-corrected chi connectivity index (χ1v) is 8.26. The van der Waals surface area contributed by atoms with Gasteiger partial charge in [-0.15, -0.1) is 0 Å². The zero-order chi connectivity index (χ0) is 13.9. The summed E-state index contributed by atoms with van der Waals surface area (Å²) in [6.07, 6.45) is 7.01. The van der Waals surface area contributed by atoms with Crippen LogP contribution in [0.3, 0.4) is 0 Å². The monoisotopic (exact) mass is 288 g/mol. The van der Waals surface area contributed by atoms with Crippen LogP contribution in [0.2, 0.25) is 0 Å². The van der Waals surface area contributed by atoms with E-state index in [1.807, 2.05) is 0 Å². The molecular weight excluding hydrogens is 264 g/mol. The highest BCUT2D eigenvalue weighted by Gasteiger charge is 2.31. The first-order valence-electron chi connectivity index (χ1n) is 7.85. The molecule has 0 amide bonds. The molecule has 1 aliphatic heterocycles. The lowest BCUT2D eigenvalue weighted by atomic mass is 9.75. The number of likely N-dealkylation sites (tertiary alicyclic amines) is 1. The average molecular weight is 288 g/mol. The molecule has 3 heteroatoms. The zero-order valence-electron chi connectivity index (χ0n) is 12.3. The van der Waals surface area contributed by atoms with E-state index in [4.69, 9.17) is 12.2 Å². The minimum Gasteiger partial charge on any atom is -0.349 e. The van der Waals surface area contributed by atoms with E-state index in [1.54, 1.807) is 0 Å². The maximum atomic E-state index is 5.61. The minimum absolute atomic E-state index is 0.870. The lowest BCUT2D eigenvalue weighted by Crippen LogP contribution is -2.46. The van der Waals surface area contributed by atoms with Crippen LogP contribution in [0, 0.1) is 18.8 Å². The lowest BCUT2D eigenvalue weighted by Gasteiger charge is -2.42. The summed E-state index contributed by atoms with van der Waals surface area (Å²) >= 11 is 5.61. The Morgan fingerprint density at radius 1 is 1.20 bits per heavy atom. The van der Waals surface area contributed by atoms with Gasteiger partial charge >= 0.3 is 0 Å². The van der Waals surface area contributed by atoms with Crippen LogP contribution in [0.5, 0.6) is 0 Å². The van der Waals surface area contributed by atoms with Gasteiger partial charge in [0.1, 0.15) is 0 Å².